The maximum absolute atomic E-state index is 12.5. The Morgan fingerprint density at radius 3 is 2.30 bits per heavy atom. The van der Waals surface area contributed by atoms with Crippen molar-refractivity contribution in [2.45, 2.75) is 39.0 Å². The fourth-order valence-corrected chi connectivity index (χ4v) is 5.11. The van der Waals surface area contributed by atoms with Gasteiger partial charge in [0.05, 0.1) is 24.7 Å². The van der Waals surface area contributed by atoms with E-state index in [1.807, 2.05) is 37.4 Å². The smallest absolute Gasteiger partial charge is 0.264 e. The molecule has 0 bridgehead atoms. The van der Waals surface area contributed by atoms with Crippen molar-refractivity contribution in [1.82, 2.24) is 14.6 Å². The second kappa shape index (κ2) is 12.3. The maximum Gasteiger partial charge on any atom is 0.264 e. The number of hydrogen-bond acceptors (Lipinski definition) is 8. The predicted octanol–water partition coefficient (Wildman–Crippen LogP) is 4.34. The number of hydrogen-bond donors (Lipinski definition) is 1. The fraction of sp³-hybridized carbons (Fsp3) is 0.400. The Kier molecular flexibility index (Phi) is 9.00. The number of carbonyl (C=O) groups excluding carboxylic acids is 1. The Hall–Kier alpha value is -3.63. The summed E-state index contributed by atoms with van der Waals surface area (Å²) in [5.74, 6) is 0.959. The van der Waals surface area contributed by atoms with Crippen LogP contribution in [0.1, 0.15) is 43.6 Å². The summed E-state index contributed by atoms with van der Waals surface area (Å²) in [6.45, 7) is 11.4. The lowest BCUT2D eigenvalue weighted by Gasteiger charge is -2.36. The molecule has 1 N–H and O–H groups in total. The van der Waals surface area contributed by atoms with Crippen LogP contribution < -0.4 is 19.1 Å². The third kappa shape index (κ3) is 6.92. The van der Waals surface area contributed by atoms with Gasteiger partial charge in [0.15, 0.2) is 0 Å². The number of pyridine rings is 1. The largest absolute Gasteiger partial charge is 0.496 e. The SMILES string of the molecule is CCOc1cncc(-c2ccc(CN3CCN(c4ccc(C(=O)NS(=O)(=O)C(C)(C)C)cc4)CC3)c(OC)c2)c1. The van der Waals surface area contributed by atoms with E-state index in [4.69, 9.17) is 9.47 Å². The highest BCUT2D eigenvalue weighted by Gasteiger charge is 2.31. The number of aromatic nitrogens is 1. The first-order valence-corrected chi connectivity index (χ1v) is 14.9. The summed E-state index contributed by atoms with van der Waals surface area (Å²) < 4.78 is 37.0. The van der Waals surface area contributed by atoms with Gasteiger partial charge in [-0.2, -0.15) is 0 Å². The van der Waals surface area contributed by atoms with Crippen LogP contribution in [0.25, 0.3) is 11.1 Å². The molecular weight excluding hydrogens is 528 g/mol. The number of ether oxygens (including phenoxy) is 2. The highest BCUT2D eigenvalue weighted by molar-refractivity contribution is 7.91. The molecule has 2 heterocycles. The molecule has 0 atom stereocenters. The number of nitrogens with one attached hydrogen (secondary N) is 1. The van der Waals surface area contributed by atoms with Crippen molar-refractivity contribution < 1.29 is 22.7 Å². The van der Waals surface area contributed by atoms with E-state index in [-0.39, 0.29) is 0 Å². The normalized spacial score (nSPS) is 14.6. The molecule has 1 aliphatic heterocycles. The molecule has 0 saturated carbocycles. The Labute approximate surface area is 237 Å². The van der Waals surface area contributed by atoms with Crippen LogP contribution in [0.3, 0.4) is 0 Å². The quantitative estimate of drug-likeness (QED) is 0.408. The molecule has 4 rings (SSSR count). The number of carbonyl (C=O) groups is 1. The number of benzene rings is 2. The van der Waals surface area contributed by atoms with Crippen LogP contribution >= 0.6 is 0 Å². The van der Waals surface area contributed by atoms with Gasteiger partial charge in [-0.05, 0) is 69.7 Å². The van der Waals surface area contributed by atoms with Gasteiger partial charge in [0.1, 0.15) is 11.5 Å². The lowest BCUT2D eigenvalue weighted by atomic mass is 10.0. The van der Waals surface area contributed by atoms with Gasteiger partial charge in [0.2, 0.25) is 10.0 Å². The van der Waals surface area contributed by atoms with Crippen molar-refractivity contribution in [3.05, 3.63) is 72.1 Å². The summed E-state index contributed by atoms with van der Waals surface area (Å²) in [6, 6.07) is 15.3. The van der Waals surface area contributed by atoms with Crippen LogP contribution in [-0.2, 0) is 16.6 Å². The van der Waals surface area contributed by atoms with Crippen LogP contribution in [0.4, 0.5) is 5.69 Å². The Balaban J connectivity index is 1.35. The number of nitrogens with zero attached hydrogens (tertiary/aromatic N) is 3. The van der Waals surface area contributed by atoms with Crippen LogP contribution in [0.15, 0.2) is 60.9 Å². The summed E-state index contributed by atoms with van der Waals surface area (Å²) in [6.07, 6.45) is 3.53. The van der Waals surface area contributed by atoms with Gasteiger partial charge in [-0.3, -0.25) is 14.7 Å². The molecule has 1 aromatic heterocycles. The van der Waals surface area contributed by atoms with E-state index in [9.17, 15) is 13.2 Å². The average molecular weight is 567 g/mol. The van der Waals surface area contributed by atoms with Crippen LogP contribution in [-0.4, -0.2) is 68.9 Å². The van der Waals surface area contributed by atoms with Gasteiger partial charge >= 0.3 is 0 Å². The van der Waals surface area contributed by atoms with Crippen molar-refractivity contribution in [3.63, 3.8) is 0 Å². The number of piperazine rings is 1. The van der Waals surface area contributed by atoms with E-state index in [0.717, 1.165) is 66.6 Å². The second-order valence-corrected chi connectivity index (χ2v) is 13.2. The highest BCUT2D eigenvalue weighted by Crippen LogP contribution is 2.30. The van der Waals surface area contributed by atoms with E-state index < -0.39 is 20.7 Å². The van der Waals surface area contributed by atoms with Gasteiger partial charge in [-0.1, -0.05) is 12.1 Å². The molecule has 1 fully saturated rings. The zero-order valence-corrected chi connectivity index (χ0v) is 24.6. The van der Waals surface area contributed by atoms with Crippen molar-refractivity contribution in [3.8, 4) is 22.6 Å². The van der Waals surface area contributed by atoms with Crippen LogP contribution in [0.5, 0.6) is 11.5 Å². The first-order valence-electron chi connectivity index (χ1n) is 13.4. The molecule has 0 unspecified atom stereocenters. The van der Waals surface area contributed by atoms with Crippen LogP contribution in [0.2, 0.25) is 0 Å². The summed E-state index contributed by atoms with van der Waals surface area (Å²) >= 11 is 0. The van der Waals surface area contributed by atoms with Gasteiger partial charge < -0.3 is 14.4 Å². The van der Waals surface area contributed by atoms with E-state index in [0.29, 0.717) is 12.2 Å². The zero-order chi connectivity index (χ0) is 28.9. The zero-order valence-electron chi connectivity index (χ0n) is 23.8. The third-order valence-corrected chi connectivity index (χ3v) is 9.01. The van der Waals surface area contributed by atoms with E-state index in [2.05, 4.69) is 31.6 Å². The predicted molar refractivity (Wildman–Crippen MR) is 157 cm³/mol. The monoisotopic (exact) mass is 566 g/mol. The molecule has 1 saturated heterocycles. The molecule has 0 aliphatic carbocycles. The fourth-order valence-electron chi connectivity index (χ4n) is 4.44. The molecule has 10 heteroatoms. The number of rotatable bonds is 9. The average Bonchev–Trinajstić information content (AvgIpc) is 2.93. The summed E-state index contributed by atoms with van der Waals surface area (Å²) in [4.78, 5) is 21.4. The number of methoxy groups -OCH3 is 1. The standard InChI is InChI=1S/C30H38N4O5S/c1-6-39-27-17-25(19-31-20-27)23-7-8-24(28(18-23)38-5)21-33-13-15-34(16-14-33)26-11-9-22(10-12-26)29(35)32-40(36,37)30(2,3)4/h7-12,17-20H,6,13-16,21H2,1-5H3,(H,32,35). The summed E-state index contributed by atoms with van der Waals surface area (Å²) in [5, 5.41) is 0. The van der Waals surface area contributed by atoms with Crippen molar-refractivity contribution in [2.75, 3.05) is 44.8 Å². The number of anilines is 1. The Morgan fingerprint density at radius 2 is 1.68 bits per heavy atom. The molecule has 2 aromatic carbocycles. The van der Waals surface area contributed by atoms with Crippen molar-refractivity contribution >= 4 is 21.6 Å². The highest BCUT2D eigenvalue weighted by atomic mass is 32.2. The molecule has 40 heavy (non-hydrogen) atoms. The minimum Gasteiger partial charge on any atom is -0.496 e. The molecule has 214 valence electrons. The van der Waals surface area contributed by atoms with E-state index in [1.165, 1.54) is 0 Å². The molecule has 1 aliphatic rings. The second-order valence-electron chi connectivity index (χ2n) is 10.7. The topological polar surface area (TPSA) is 101 Å². The summed E-state index contributed by atoms with van der Waals surface area (Å²) in [7, 11) is -2.07. The minimum absolute atomic E-state index is 0.311. The molecule has 0 radical (unpaired) electrons. The van der Waals surface area contributed by atoms with Gasteiger partial charge in [-0.25, -0.2) is 13.1 Å². The first kappa shape index (κ1) is 29.4. The van der Waals surface area contributed by atoms with Gasteiger partial charge in [0.25, 0.3) is 5.91 Å². The molecule has 9 nitrogen and oxygen atoms in total. The molecule has 0 spiro atoms. The Bertz CT molecular complexity index is 1430. The minimum atomic E-state index is -3.77. The summed E-state index contributed by atoms with van der Waals surface area (Å²) in [5.41, 5.74) is 4.43. The van der Waals surface area contributed by atoms with Gasteiger partial charge in [0, 0.05) is 61.3 Å². The lowest BCUT2D eigenvalue weighted by molar-refractivity contribution is 0.0980. The van der Waals surface area contributed by atoms with Crippen molar-refractivity contribution in [1.29, 1.82) is 0 Å². The first-order chi connectivity index (χ1) is 19.0. The van der Waals surface area contributed by atoms with E-state index >= 15 is 0 Å². The third-order valence-electron chi connectivity index (χ3n) is 6.94. The lowest BCUT2D eigenvalue weighted by Crippen LogP contribution is -2.46. The number of sulfonamides is 1. The molecular formula is C30H38N4O5S. The molecule has 3 aromatic rings. The van der Waals surface area contributed by atoms with E-state index in [1.54, 1.807) is 46.2 Å². The van der Waals surface area contributed by atoms with Crippen LogP contribution in [0, 0.1) is 0 Å². The molecule has 1 amide bonds. The van der Waals surface area contributed by atoms with Gasteiger partial charge in [-0.15, -0.1) is 0 Å². The maximum atomic E-state index is 12.5. The van der Waals surface area contributed by atoms with Crippen molar-refractivity contribution in [2.24, 2.45) is 0 Å². The Morgan fingerprint density at radius 1 is 0.975 bits per heavy atom. The number of amides is 1.